The summed E-state index contributed by atoms with van der Waals surface area (Å²) >= 11 is 0. The molecule has 15 heavy (non-hydrogen) atoms. The number of hydrogen-bond acceptors (Lipinski definition) is 2. The van der Waals surface area contributed by atoms with Gasteiger partial charge in [0.2, 0.25) is 0 Å². The second-order valence-corrected chi connectivity index (χ2v) is 4.18. The minimum atomic E-state index is -0.395. The molecule has 0 heterocycles. The third-order valence-electron chi connectivity index (χ3n) is 3.20. The highest BCUT2D eigenvalue weighted by molar-refractivity contribution is 5.40. The first-order chi connectivity index (χ1) is 7.17. The van der Waals surface area contributed by atoms with Crippen LogP contribution in [0.15, 0.2) is 18.2 Å². The first-order valence-corrected chi connectivity index (χ1v) is 5.29. The van der Waals surface area contributed by atoms with Gasteiger partial charge >= 0.3 is 0 Å². The Morgan fingerprint density at radius 3 is 2.60 bits per heavy atom. The smallest absolute Gasteiger partial charge is 0.165 e. The van der Waals surface area contributed by atoms with Gasteiger partial charge in [0.1, 0.15) is 0 Å². The number of hydrogen-bond donors (Lipinski definition) is 1. The maximum absolute atomic E-state index is 13.5. The van der Waals surface area contributed by atoms with Crippen LogP contribution < -0.4 is 10.5 Å². The van der Waals surface area contributed by atoms with E-state index in [0.717, 1.165) is 31.2 Å². The van der Waals surface area contributed by atoms with E-state index in [9.17, 15) is 4.39 Å². The molecular weight excluding hydrogens is 193 g/mol. The standard InChI is InChI=1S/C12H16FNO/c1-15-11-9(5-4-6-10(11)13)12(14)7-2-3-8-12/h4-6H,2-3,7-8,14H2,1H3. The lowest BCUT2D eigenvalue weighted by atomic mass is 9.88. The maximum atomic E-state index is 13.5. The Kier molecular flexibility index (Phi) is 2.65. The maximum Gasteiger partial charge on any atom is 0.165 e. The van der Waals surface area contributed by atoms with Crippen LogP contribution in [-0.2, 0) is 5.54 Å². The lowest BCUT2D eigenvalue weighted by molar-refractivity contribution is 0.357. The molecule has 1 aliphatic rings. The van der Waals surface area contributed by atoms with Gasteiger partial charge in [-0.3, -0.25) is 0 Å². The molecule has 2 nitrogen and oxygen atoms in total. The summed E-state index contributed by atoms with van der Waals surface area (Å²) in [5.41, 5.74) is 6.69. The Morgan fingerprint density at radius 2 is 2.00 bits per heavy atom. The van der Waals surface area contributed by atoms with Gasteiger partial charge in [-0.2, -0.15) is 0 Å². The molecule has 1 fully saturated rings. The number of benzene rings is 1. The summed E-state index contributed by atoms with van der Waals surface area (Å²) in [6, 6.07) is 4.97. The predicted molar refractivity (Wildman–Crippen MR) is 57.3 cm³/mol. The van der Waals surface area contributed by atoms with Gasteiger partial charge in [-0.25, -0.2) is 4.39 Å². The molecule has 1 aromatic rings. The van der Waals surface area contributed by atoms with Crippen molar-refractivity contribution in [3.63, 3.8) is 0 Å². The fourth-order valence-corrected chi connectivity index (χ4v) is 2.38. The molecule has 0 spiro atoms. The van der Waals surface area contributed by atoms with Crippen molar-refractivity contribution in [3.05, 3.63) is 29.6 Å². The van der Waals surface area contributed by atoms with Crippen molar-refractivity contribution in [1.82, 2.24) is 0 Å². The molecule has 0 atom stereocenters. The Balaban J connectivity index is 2.47. The van der Waals surface area contributed by atoms with E-state index in [1.165, 1.54) is 13.2 Å². The van der Waals surface area contributed by atoms with Crippen molar-refractivity contribution >= 4 is 0 Å². The molecule has 0 aromatic heterocycles. The van der Waals surface area contributed by atoms with E-state index >= 15 is 0 Å². The predicted octanol–water partition coefficient (Wildman–Crippen LogP) is 2.56. The average Bonchev–Trinajstić information content (AvgIpc) is 2.66. The Labute approximate surface area is 89.2 Å². The summed E-state index contributed by atoms with van der Waals surface area (Å²) in [6.07, 6.45) is 4.03. The second-order valence-electron chi connectivity index (χ2n) is 4.18. The van der Waals surface area contributed by atoms with Crippen LogP contribution >= 0.6 is 0 Å². The molecule has 0 unspecified atom stereocenters. The summed E-state index contributed by atoms with van der Waals surface area (Å²) < 4.78 is 18.6. The fraction of sp³-hybridized carbons (Fsp3) is 0.500. The summed E-state index contributed by atoms with van der Waals surface area (Å²) in [7, 11) is 1.49. The van der Waals surface area contributed by atoms with E-state index in [4.69, 9.17) is 10.5 Å². The molecule has 2 rings (SSSR count). The molecule has 0 aliphatic heterocycles. The van der Waals surface area contributed by atoms with Crippen LogP contribution in [0.5, 0.6) is 5.75 Å². The van der Waals surface area contributed by atoms with Crippen LogP contribution in [0, 0.1) is 5.82 Å². The first-order valence-electron chi connectivity index (χ1n) is 5.29. The molecule has 1 saturated carbocycles. The fourth-order valence-electron chi connectivity index (χ4n) is 2.38. The molecule has 2 N–H and O–H groups in total. The Bertz CT molecular complexity index is 359. The van der Waals surface area contributed by atoms with Crippen molar-refractivity contribution in [3.8, 4) is 5.75 Å². The number of para-hydroxylation sites is 1. The minimum Gasteiger partial charge on any atom is -0.493 e. The number of nitrogens with two attached hydrogens (primary N) is 1. The van der Waals surface area contributed by atoms with Crippen LogP contribution in [0.2, 0.25) is 0 Å². The molecule has 0 saturated heterocycles. The molecule has 0 bridgehead atoms. The SMILES string of the molecule is COc1c(F)cccc1C1(N)CCCC1. The Hall–Kier alpha value is -1.09. The van der Waals surface area contributed by atoms with E-state index in [1.807, 2.05) is 6.07 Å². The lowest BCUT2D eigenvalue weighted by Crippen LogP contribution is -2.33. The van der Waals surface area contributed by atoms with Gasteiger partial charge in [-0.15, -0.1) is 0 Å². The normalized spacial score (nSPS) is 19.1. The largest absolute Gasteiger partial charge is 0.493 e. The highest BCUT2D eigenvalue weighted by Crippen LogP contribution is 2.41. The summed E-state index contributed by atoms with van der Waals surface area (Å²) in [5.74, 6) is -0.0198. The topological polar surface area (TPSA) is 35.2 Å². The van der Waals surface area contributed by atoms with E-state index in [-0.39, 0.29) is 5.82 Å². The second kappa shape index (κ2) is 3.81. The minimum absolute atomic E-state index is 0.307. The molecule has 1 aliphatic carbocycles. The zero-order valence-corrected chi connectivity index (χ0v) is 8.92. The van der Waals surface area contributed by atoms with Gasteiger partial charge in [0.05, 0.1) is 7.11 Å². The summed E-state index contributed by atoms with van der Waals surface area (Å²) in [6.45, 7) is 0. The van der Waals surface area contributed by atoms with Crippen molar-refractivity contribution in [2.24, 2.45) is 5.73 Å². The number of rotatable bonds is 2. The first kappa shape index (κ1) is 10.4. The van der Waals surface area contributed by atoms with Crippen LogP contribution in [0.4, 0.5) is 4.39 Å². The third kappa shape index (κ3) is 1.72. The lowest BCUT2D eigenvalue weighted by Gasteiger charge is -2.26. The average molecular weight is 209 g/mol. The summed E-state index contributed by atoms with van der Waals surface area (Å²) in [4.78, 5) is 0. The summed E-state index contributed by atoms with van der Waals surface area (Å²) in [5, 5.41) is 0. The quantitative estimate of drug-likeness (QED) is 0.812. The van der Waals surface area contributed by atoms with Gasteiger partial charge < -0.3 is 10.5 Å². The zero-order valence-electron chi connectivity index (χ0n) is 8.92. The van der Waals surface area contributed by atoms with Gasteiger partial charge in [0.15, 0.2) is 11.6 Å². The van der Waals surface area contributed by atoms with Crippen LogP contribution in [0.3, 0.4) is 0 Å². The molecule has 0 amide bonds. The van der Waals surface area contributed by atoms with Crippen molar-refractivity contribution in [2.45, 2.75) is 31.2 Å². The zero-order chi connectivity index (χ0) is 10.9. The van der Waals surface area contributed by atoms with Gasteiger partial charge in [-0.05, 0) is 18.9 Å². The number of ether oxygens (including phenoxy) is 1. The molecular formula is C12H16FNO. The van der Waals surface area contributed by atoms with Crippen molar-refractivity contribution in [1.29, 1.82) is 0 Å². The molecule has 0 radical (unpaired) electrons. The van der Waals surface area contributed by atoms with E-state index < -0.39 is 5.54 Å². The molecule has 1 aromatic carbocycles. The molecule has 3 heteroatoms. The monoisotopic (exact) mass is 209 g/mol. The number of methoxy groups -OCH3 is 1. The van der Waals surface area contributed by atoms with Crippen molar-refractivity contribution < 1.29 is 9.13 Å². The highest BCUT2D eigenvalue weighted by Gasteiger charge is 2.34. The van der Waals surface area contributed by atoms with Crippen LogP contribution in [-0.4, -0.2) is 7.11 Å². The van der Waals surface area contributed by atoms with Gasteiger partial charge in [-0.1, -0.05) is 25.0 Å². The van der Waals surface area contributed by atoms with Crippen LogP contribution in [0.1, 0.15) is 31.2 Å². The van der Waals surface area contributed by atoms with Gasteiger partial charge in [0.25, 0.3) is 0 Å². The van der Waals surface area contributed by atoms with E-state index in [1.54, 1.807) is 6.07 Å². The van der Waals surface area contributed by atoms with E-state index in [0.29, 0.717) is 5.75 Å². The van der Waals surface area contributed by atoms with Crippen LogP contribution in [0.25, 0.3) is 0 Å². The molecule has 82 valence electrons. The Morgan fingerprint density at radius 1 is 1.33 bits per heavy atom. The van der Waals surface area contributed by atoms with E-state index in [2.05, 4.69) is 0 Å². The van der Waals surface area contributed by atoms with Gasteiger partial charge in [0, 0.05) is 11.1 Å². The highest BCUT2D eigenvalue weighted by atomic mass is 19.1. The van der Waals surface area contributed by atoms with Crippen molar-refractivity contribution in [2.75, 3.05) is 7.11 Å². The third-order valence-corrected chi connectivity index (χ3v) is 3.20. The number of halogens is 1.